The number of carbonyl (C=O) groups excluding carboxylic acids is 1. The summed E-state index contributed by atoms with van der Waals surface area (Å²) in [5.74, 6) is 0.405. The SMILES string of the molecule is O=C(NCCC1CCNC1)c1ccc([N+](=O)[O-])s1. The first kappa shape index (κ1) is 13.0. The number of rotatable bonds is 5. The summed E-state index contributed by atoms with van der Waals surface area (Å²) in [6.45, 7) is 2.69. The highest BCUT2D eigenvalue weighted by atomic mass is 32.1. The van der Waals surface area contributed by atoms with Gasteiger partial charge in [0, 0.05) is 12.6 Å². The molecule has 1 fully saturated rings. The van der Waals surface area contributed by atoms with Gasteiger partial charge in [0.25, 0.3) is 5.91 Å². The maximum atomic E-state index is 11.7. The van der Waals surface area contributed by atoms with Gasteiger partial charge in [-0.05, 0) is 37.9 Å². The molecule has 7 heteroatoms. The van der Waals surface area contributed by atoms with Crippen molar-refractivity contribution in [2.45, 2.75) is 12.8 Å². The number of thiophene rings is 1. The molecule has 2 N–H and O–H groups in total. The second-order valence-electron chi connectivity index (χ2n) is 4.30. The van der Waals surface area contributed by atoms with E-state index in [1.807, 2.05) is 0 Å². The first-order chi connectivity index (χ1) is 8.66. The van der Waals surface area contributed by atoms with Crippen molar-refractivity contribution in [3.8, 4) is 0 Å². The van der Waals surface area contributed by atoms with Gasteiger partial charge in [-0.3, -0.25) is 14.9 Å². The Morgan fingerprint density at radius 2 is 2.44 bits per heavy atom. The van der Waals surface area contributed by atoms with Gasteiger partial charge in [-0.25, -0.2) is 0 Å². The highest BCUT2D eigenvalue weighted by Crippen LogP contribution is 2.23. The molecule has 1 aromatic rings. The Hall–Kier alpha value is -1.47. The quantitative estimate of drug-likeness (QED) is 0.625. The first-order valence-electron chi connectivity index (χ1n) is 5.90. The number of nitro groups is 1. The minimum atomic E-state index is -0.481. The molecule has 0 aromatic carbocycles. The molecule has 1 amide bonds. The number of nitrogens with zero attached hydrogens (tertiary/aromatic N) is 1. The molecule has 0 radical (unpaired) electrons. The van der Waals surface area contributed by atoms with E-state index in [9.17, 15) is 14.9 Å². The van der Waals surface area contributed by atoms with Gasteiger partial charge in [0.2, 0.25) is 0 Å². The first-order valence-corrected chi connectivity index (χ1v) is 6.71. The second-order valence-corrected chi connectivity index (χ2v) is 5.36. The molecule has 1 aromatic heterocycles. The van der Waals surface area contributed by atoms with Gasteiger partial charge < -0.3 is 10.6 Å². The Kier molecular flexibility index (Phi) is 4.27. The topological polar surface area (TPSA) is 84.3 Å². The van der Waals surface area contributed by atoms with E-state index in [4.69, 9.17) is 0 Å². The van der Waals surface area contributed by atoms with Gasteiger partial charge >= 0.3 is 5.00 Å². The summed E-state index contributed by atoms with van der Waals surface area (Å²) >= 11 is 0.908. The largest absolute Gasteiger partial charge is 0.351 e. The molecule has 0 bridgehead atoms. The van der Waals surface area contributed by atoms with E-state index in [-0.39, 0.29) is 10.9 Å². The number of hydrogen-bond donors (Lipinski definition) is 2. The van der Waals surface area contributed by atoms with Gasteiger partial charge in [-0.15, -0.1) is 0 Å². The van der Waals surface area contributed by atoms with Gasteiger partial charge in [-0.2, -0.15) is 0 Å². The zero-order valence-electron chi connectivity index (χ0n) is 9.85. The van der Waals surface area contributed by atoms with Crippen molar-refractivity contribution in [1.82, 2.24) is 10.6 Å². The molecule has 98 valence electrons. The predicted octanol–water partition coefficient (Wildman–Crippen LogP) is 1.39. The molecule has 2 rings (SSSR count). The smallest absolute Gasteiger partial charge is 0.324 e. The van der Waals surface area contributed by atoms with Crippen molar-refractivity contribution >= 4 is 22.2 Å². The maximum absolute atomic E-state index is 11.7. The fraction of sp³-hybridized carbons (Fsp3) is 0.545. The average molecular weight is 269 g/mol. The maximum Gasteiger partial charge on any atom is 0.324 e. The lowest BCUT2D eigenvalue weighted by molar-refractivity contribution is -0.380. The highest BCUT2D eigenvalue weighted by Gasteiger charge is 2.17. The van der Waals surface area contributed by atoms with E-state index in [1.54, 1.807) is 0 Å². The lowest BCUT2D eigenvalue weighted by Gasteiger charge is -2.08. The van der Waals surface area contributed by atoms with Crippen molar-refractivity contribution in [2.75, 3.05) is 19.6 Å². The molecular weight excluding hydrogens is 254 g/mol. The number of hydrogen-bond acceptors (Lipinski definition) is 5. The Morgan fingerprint density at radius 3 is 3.06 bits per heavy atom. The van der Waals surface area contributed by atoms with E-state index >= 15 is 0 Å². The van der Waals surface area contributed by atoms with Crippen molar-refractivity contribution in [1.29, 1.82) is 0 Å². The summed E-state index contributed by atoms with van der Waals surface area (Å²) in [7, 11) is 0. The average Bonchev–Trinajstić information content (AvgIpc) is 2.99. The highest BCUT2D eigenvalue weighted by molar-refractivity contribution is 7.17. The Morgan fingerprint density at radius 1 is 1.61 bits per heavy atom. The van der Waals surface area contributed by atoms with Crippen molar-refractivity contribution in [2.24, 2.45) is 5.92 Å². The van der Waals surface area contributed by atoms with Crippen LogP contribution in [0.1, 0.15) is 22.5 Å². The predicted molar refractivity (Wildman–Crippen MR) is 68.9 cm³/mol. The number of carbonyl (C=O) groups is 1. The van der Waals surface area contributed by atoms with E-state index in [1.165, 1.54) is 12.1 Å². The Labute approximate surface area is 109 Å². The lowest BCUT2D eigenvalue weighted by atomic mass is 10.1. The molecule has 2 heterocycles. The van der Waals surface area contributed by atoms with Crippen LogP contribution < -0.4 is 10.6 Å². The third-order valence-corrected chi connectivity index (χ3v) is 4.03. The van der Waals surface area contributed by atoms with Crippen LogP contribution in [-0.4, -0.2) is 30.5 Å². The fourth-order valence-electron chi connectivity index (χ4n) is 1.99. The molecular formula is C11H15N3O3S. The van der Waals surface area contributed by atoms with Gasteiger partial charge in [0.1, 0.15) is 0 Å². The summed E-state index contributed by atoms with van der Waals surface area (Å²) < 4.78 is 0. The van der Waals surface area contributed by atoms with Gasteiger partial charge in [0.05, 0.1) is 9.80 Å². The summed E-state index contributed by atoms with van der Waals surface area (Å²) in [6, 6.07) is 2.86. The summed E-state index contributed by atoms with van der Waals surface area (Å²) in [5, 5.41) is 16.6. The standard InChI is InChI=1S/C11H15N3O3S/c15-11(9-1-2-10(18-9)14(16)17)13-6-4-8-3-5-12-7-8/h1-2,8,12H,3-7H2,(H,13,15). The van der Waals surface area contributed by atoms with Crippen LogP contribution in [0.3, 0.4) is 0 Å². The van der Waals surface area contributed by atoms with Crippen LogP contribution in [0.5, 0.6) is 0 Å². The van der Waals surface area contributed by atoms with Crippen LogP contribution in [-0.2, 0) is 0 Å². The third-order valence-electron chi connectivity index (χ3n) is 3.00. The molecule has 18 heavy (non-hydrogen) atoms. The van der Waals surface area contributed by atoms with Crippen LogP contribution >= 0.6 is 11.3 Å². The van der Waals surface area contributed by atoms with E-state index < -0.39 is 4.92 Å². The monoisotopic (exact) mass is 269 g/mol. The molecule has 0 saturated carbocycles. The third kappa shape index (κ3) is 3.27. The Balaban J connectivity index is 1.77. The van der Waals surface area contributed by atoms with Crippen LogP contribution in [0.2, 0.25) is 0 Å². The van der Waals surface area contributed by atoms with Crippen LogP contribution in [0, 0.1) is 16.0 Å². The van der Waals surface area contributed by atoms with Crippen LogP contribution in [0.15, 0.2) is 12.1 Å². The molecule has 6 nitrogen and oxygen atoms in total. The molecule has 0 spiro atoms. The van der Waals surface area contributed by atoms with Crippen molar-refractivity contribution in [3.63, 3.8) is 0 Å². The van der Waals surface area contributed by atoms with Gasteiger partial charge in [-0.1, -0.05) is 11.3 Å². The molecule has 1 atom stereocenters. The van der Waals surface area contributed by atoms with Crippen molar-refractivity contribution < 1.29 is 9.72 Å². The normalized spacial score (nSPS) is 18.8. The molecule has 1 unspecified atom stereocenters. The fourth-order valence-corrected chi connectivity index (χ4v) is 2.72. The molecule has 1 aliphatic heterocycles. The summed E-state index contributed by atoms with van der Waals surface area (Å²) in [6.07, 6.45) is 2.10. The molecule has 1 aliphatic rings. The Bertz CT molecular complexity index is 440. The van der Waals surface area contributed by atoms with Crippen LogP contribution in [0.4, 0.5) is 5.00 Å². The summed E-state index contributed by atoms with van der Waals surface area (Å²) in [4.78, 5) is 22.1. The van der Waals surface area contributed by atoms with Crippen molar-refractivity contribution in [3.05, 3.63) is 27.1 Å². The lowest BCUT2D eigenvalue weighted by Crippen LogP contribution is -2.25. The van der Waals surface area contributed by atoms with E-state index in [2.05, 4.69) is 10.6 Å². The van der Waals surface area contributed by atoms with Crippen LogP contribution in [0.25, 0.3) is 0 Å². The van der Waals surface area contributed by atoms with E-state index in [0.717, 1.165) is 37.3 Å². The second kappa shape index (κ2) is 5.92. The zero-order chi connectivity index (χ0) is 13.0. The minimum Gasteiger partial charge on any atom is -0.351 e. The zero-order valence-corrected chi connectivity index (χ0v) is 10.7. The number of amides is 1. The minimum absolute atomic E-state index is 0.000132. The molecule has 1 saturated heterocycles. The molecule has 0 aliphatic carbocycles. The number of nitrogens with one attached hydrogen (secondary N) is 2. The summed E-state index contributed by atoms with van der Waals surface area (Å²) in [5.41, 5.74) is 0. The van der Waals surface area contributed by atoms with Gasteiger partial charge in [0.15, 0.2) is 0 Å². The van der Waals surface area contributed by atoms with E-state index in [0.29, 0.717) is 17.3 Å².